The second kappa shape index (κ2) is 8.73. The maximum absolute atomic E-state index is 11.0. The van der Waals surface area contributed by atoms with Gasteiger partial charge in [0.05, 0.1) is 4.92 Å². The molecule has 1 aromatic rings. The second-order valence-corrected chi connectivity index (χ2v) is 4.50. The summed E-state index contributed by atoms with van der Waals surface area (Å²) in [5.74, 6) is -0.941. The van der Waals surface area contributed by atoms with Crippen molar-refractivity contribution >= 4 is 35.7 Å². The standard InChI is InChI=1S/C12H15ClN2O4.ClH/c1-2-3-11(12(16)17)14-7-8-6-9(15(18)19)4-5-10(8)13;/h4-6,11,14H,2-3,7H2,1H3,(H,16,17);1H. The molecule has 0 aliphatic carbocycles. The highest BCUT2D eigenvalue weighted by atomic mass is 35.5. The molecule has 20 heavy (non-hydrogen) atoms. The van der Waals surface area contributed by atoms with E-state index in [-0.39, 0.29) is 24.6 Å². The summed E-state index contributed by atoms with van der Waals surface area (Å²) in [6.07, 6.45) is 1.22. The number of nitro benzene ring substituents is 1. The summed E-state index contributed by atoms with van der Waals surface area (Å²) in [7, 11) is 0. The average Bonchev–Trinajstić information content (AvgIpc) is 2.35. The largest absolute Gasteiger partial charge is 0.480 e. The number of halogens is 2. The van der Waals surface area contributed by atoms with Crippen LogP contribution >= 0.6 is 24.0 Å². The number of nitrogens with one attached hydrogen (secondary N) is 1. The molecule has 0 bridgehead atoms. The lowest BCUT2D eigenvalue weighted by atomic mass is 10.1. The highest BCUT2D eigenvalue weighted by molar-refractivity contribution is 6.31. The lowest BCUT2D eigenvalue weighted by Gasteiger charge is -2.14. The van der Waals surface area contributed by atoms with E-state index in [2.05, 4.69) is 5.32 Å². The van der Waals surface area contributed by atoms with E-state index in [9.17, 15) is 14.9 Å². The van der Waals surface area contributed by atoms with E-state index in [1.165, 1.54) is 18.2 Å². The van der Waals surface area contributed by atoms with Crippen molar-refractivity contribution in [1.82, 2.24) is 5.32 Å². The molecule has 1 unspecified atom stereocenters. The van der Waals surface area contributed by atoms with E-state index in [4.69, 9.17) is 16.7 Å². The van der Waals surface area contributed by atoms with Gasteiger partial charge >= 0.3 is 5.97 Å². The van der Waals surface area contributed by atoms with Gasteiger partial charge in [-0.25, -0.2) is 0 Å². The molecule has 0 aromatic heterocycles. The maximum atomic E-state index is 11.0. The molecule has 0 saturated heterocycles. The quantitative estimate of drug-likeness (QED) is 0.594. The van der Waals surface area contributed by atoms with Crippen LogP contribution in [0.15, 0.2) is 18.2 Å². The number of carboxylic acid groups (broad SMARTS) is 1. The minimum Gasteiger partial charge on any atom is -0.480 e. The number of carboxylic acids is 1. The van der Waals surface area contributed by atoms with Crippen molar-refractivity contribution < 1.29 is 14.8 Å². The fourth-order valence-corrected chi connectivity index (χ4v) is 1.83. The Morgan fingerprint density at radius 3 is 2.70 bits per heavy atom. The molecule has 2 N–H and O–H groups in total. The molecule has 0 amide bonds. The maximum Gasteiger partial charge on any atom is 0.320 e. The van der Waals surface area contributed by atoms with Gasteiger partial charge in [0.15, 0.2) is 0 Å². The number of hydrogen-bond donors (Lipinski definition) is 2. The fraction of sp³-hybridized carbons (Fsp3) is 0.417. The van der Waals surface area contributed by atoms with Gasteiger partial charge in [0, 0.05) is 23.7 Å². The number of carbonyl (C=O) groups is 1. The lowest BCUT2D eigenvalue weighted by molar-refractivity contribution is -0.384. The van der Waals surface area contributed by atoms with Crippen LogP contribution in [0.4, 0.5) is 5.69 Å². The van der Waals surface area contributed by atoms with Gasteiger partial charge in [0.25, 0.3) is 5.69 Å². The van der Waals surface area contributed by atoms with E-state index >= 15 is 0 Å². The van der Waals surface area contributed by atoms with Crippen LogP contribution in [0.3, 0.4) is 0 Å². The Labute approximate surface area is 127 Å². The van der Waals surface area contributed by atoms with Gasteiger partial charge in [-0.15, -0.1) is 12.4 Å². The first-order valence-corrected chi connectivity index (χ1v) is 6.22. The van der Waals surface area contributed by atoms with E-state index in [1.807, 2.05) is 6.92 Å². The zero-order chi connectivity index (χ0) is 14.4. The predicted octanol–water partition coefficient (Wildman–Crippen LogP) is 3.01. The first-order chi connectivity index (χ1) is 8.95. The Bertz CT molecular complexity index is 483. The third-order valence-corrected chi connectivity index (χ3v) is 3.02. The van der Waals surface area contributed by atoms with E-state index in [0.29, 0.717) is 17.0 Å². The number of hydrogen-bond acceptors (Lipinski definition) is 4. The molecule has 1 atom stereocenters. The topological polar surface area (TPSA) is 92.5 Å². The van der Waals surface area contributed by atoms with Crippen LogP contribution in [-0.2, 0) is 11.3 Å². The lowest BCUT2D eigenvalue weighted by Crippen LogP contribution is -2.36. The molecule has 0 aliphatic rings. The zero-order valence-electron chi connectivity index (χ0n) is 10.8. The van der Waals surface area contributed by atoms with Crippen LogP contribution in [0.5, 0.6) is 0 Å². The van der Waals surface area contributed by atoms with Gasteiger partial charge in [0.2, 0.25) is 0 Å². The Morgan fingerprint density at radius 1 is 1.55 bits per heavy atom. The number of rotatable bonds is 7. The van der Waals surface area contributed by atoms with Crippen LogP contribution in [0, 0.1) is 10.1 Å². The van der Waals surface area contributed by atoms with Crippen molar-refractivity contribution in [3.63, 3.8) is 0 Å². The van der Waals surface area contributed by atoms with Crippen LogP contribution in [0.1, 0.15) is 25.3 Å². The molecular formula is C12H16Cl2N2O4. The van der Waals surface area contributed by atoms with Crippen molar-refractivity contribution in [2.24, 2.45) is 0 Å². The Morgan fingerprint density at radius 2 is 2.20 bits per heavy atom. The van der Waals surface area contributed by atoms with Crippen LogP contribution in [0.2, 0.25) is 5.02 Å². The van der Waals surface area contributed by atoms with Crippen LogP contribution < -0.4 is 5.32 Å². The first kappa shape index (κ1) is 18.6. The van der Waals surface area contributed by atoms with Crippen molar-refractivity contribution in [3.05, 3.63) is 38.9 Å². The van der Waals surface area contributed by atoms with Crippen molar-refractivity contribution in [1.29, 1.82) is 0 Å². The molecule has 0 spiro atoms. The summed E-state index contributed by atoms with van der Waals surface area (Å²) >= 11 is 5.93. The average molecular weight is 323 g/mol. The molecule has 6 nitrogen and oxygen atoms in total. The fourth-order valence-electron chi connectivity index (χ4n) is 1.64. The van der Waals surface area contributed by atoms with E-state index < -0.39 is 16.9 Å². The van der Waals surface area contributed by atoms with Gasteiger partial charge in [-0.2, -0.15) is 0 Å². The molecular weight excluding hydrogens is 307 g/mol. The number of benzene rings is 1. The van der Waals surface area contributed by atoms with Crippen molar-refractivity contribution in [2.75, 3.05) is 0 Å². The minimum absolute atomic E-state index is 0. The third-order valence-electron chi connectivity index (χ3n) is 2.65. The van der Waals surface area contributed by atoms with Gasteiger partial charge < -0.3 is 10.4 Å². The number of nitrogens with zero attached hydrogens (tertiary/aromatic N) is 1. The molecule has 0 radical (unpaired) electrons. The van der Waals surface area contributed by atoms with Gasteiger partial charge in [0.1, 0.15) is 6.04 Å². The number of aliphatic carboxylic acids is 1. The highest BCUT2D eigenvalue weighted by Gasteiger charge is 2.17. The highest BCUT2D eigenvalue weighted by Crippen LogP contribution is 2.22. The summed E-state index contributed by atoms with van der Waals surface area (Å²) in [4.78, 5) is 21.1. The molecule has 1 rings (SSSR count). The Kier molecular flexibility index (Phi) is 8.13. The van der Waals surface area contributed by atoms with Crippen LogP contribution in [-0.4, -0.2) is 22.0 Å². The summed E-state index contributed by atoms with van der Waals surface area (Å²) in [6.45, 7) is 2.06. The van der Waals surface area contributed by atoms with Gasteiger partial charge in [-0.3, -0.25) is 14.9 Å². The Balaban J connectivity index is 0.00000361. The normalized spacial score (nSPS) is 11.5. The first-order valence-electron chi connectivity index (χ1n) is 5.84. The second-order valence-electron chi connectivity index (χ2n) is 4.09. The van der Waals surface area contributed by atoms with E-state index in [0.717, 1.165) is 6.42 Å². The minimum atomic E-state index is -0.941. The molecule has 0 saturated carbocycles. The molecule has 0 heterocycles. The molecule has 1 aromatic carbocycles. The molecule has 8 heteroatoms. The van der Waals surface area contributed by atoms with Crippen LogP contribution in [0.25, 0.3) is 0 Å². The van der Waals surface area contributed by atoms with Gasteiger partial charge in [-0.05, 0) is 18.1 Å². The molecule has 0 aliphatic heterocycles. The SMILES string of the molecule is CCCC(NCc1cc([N+](=O)[O-])ccc1Cl)C(=O)O.Cl. The van der Waals surface area contributed by atoms with E-state index in [1.54, 1.807) is 0 Å². The summed E-state index contributed by atoms with van der Waals surface area (Å²) in [5, 5.41) is 22.9. The van der Waals surface area contributed by atoms with Gasteiger partial charge in [-0.1, -0.05) is 24.9 Å². The van der Waals surface area contributed by atoms with Crippen molar-refractivity contribution in [3.8, 4) is 0 Å². The monoisotopic (exact) mass is 322 g/mol. The summed E-state index contributed by atoms with van der Waals surface area (Å²) in [5.41, 5.74) is 0.446. The number of nitro groups is 1. The third kappa shape index (κ3) is 5.32. The summed E-state index contributed by atoms with van der Waals surface area (Å²) in [6, 6.07) is 3.42. The molecule has 112 valence electrons. The number of non-ortho nitro benzene ring substituents is 1. The predicted molar refractivity (Wildman–Crippen MR) is 78.5 cm³/mol. The molecule has 0 fully saturated rings. The summed E-state index contributed by atoms with van der Waals surface area (Å²) < 4.78 is 0. The smallest absolute Gasteiger partial charge is 0.320 e. The zero-order valence-corrected chi connectivity index (χ0v) is 12.4. The van der Waals surface area contributed by atoms with Crippen molar-refractivity contribution in [2.45, 2.75) is 32.4 Å². The Hall–Kier alpha value is -1.37.